The largest absolute Gasteiger partial charge is 0.512 e. The molecule has 0 spiro atoms. The molecular formula is C40H51FGeIrNO2-. The van der Waals surface area contributed by atoms with Gasteiger partial charge in [0.15, 0.2) is 5.78 Å². The van der Waals surface area contributed by atoms with E-state index < -0.39 is 13.3 Å². The first kappa shape index (κ1) is 39.6. The zero-order valence-electron chi connectivity index (χ0n) is 29.4. The molecule has 0 aliphatic rings. The summed E-state index contributed by atoms with van der Waals surface area (Å²) in [7, 11) is 0. The van der Waals surface area contributed by atoms with Crippen LogP contribution in [0.5, 0.6) is 0 Å². The average molecular weight is 862 g/mol. The summed E-state index contributed by atoms with van der Waals surface area (Å²) in [6.07, 6.45) is 4.32. The van der Waals surface area contributed by atoms with Crippen LogP contribution in [0, 0.1) is 22.7 Å². The van der Waals surface area contributed by atoms with Gasteiger partial charge in [0.2, 0.25) is 0 Å². The molecule has 0 saturated heterocycles. The fourth-order valence-corrected chi connectivity index (χ4v) is 7.15. The molecule has 1 heterocycles. The van der Waals surface area contributed by atoms with Crippen molar-refractivity contribution in [3.8, 4) is 22.4 Å². The molecule has 0 fully saturated rings. The predicted octanol–water partition coefficient (Wildman–Crippen LogP) is 11.0. The van der Waals surface area contributed by atoms with Crippen molar-refractivity contribution in [1.29, 1.82) is 0 Å². The molecule has 1 N–H and O–H groups in total. The number of aromatic nitrogens is 1. The predicted molar refractivity (Wildman–Crippen MR) is 192 cm³/mol. The van der Waals surface area contributed by atoms with Crippen molar-refractivity contribution in [1.82, 2.24) is 4.98 Å². The average Bonchev–Trinajstić information content (AvgIpc) is 3.00. The molecule has 4 rings (SSSR count). The van der Waals surface area contributed by atoms with E-state index in [9.17, 15) is 14.3 Å². The molecule has 0 amide bonds. The van der Waals surface area contributed by atoms with Gasteiger partial charge >= 0.3 is 175 Å². The smallest absolute Gasteiger partial charge is 0.164 e. The number of allylic oxidation sites excluding steroid dienone is 2. The number of nitrogens with zero attached hydrogens (tertiary/aromatic N) is 1. The maximum absolute atomic E-state index is 14.7. The van der Waals surface area contributed by atoms with Crippen molar-refractivity contribution in [2.75, 3.05) is 0 Å². The second-order valence-corrected chi connectivity index (χ2v) is 25.2. The summed E-state index contributed by atoms with van der Waals surface area (Å²) in [4.78, 5) is 16.2. The molecule has 4 aromatic rings. The Bertz CT molecular complexity index is 1670. The first-order valence-electron chi connectivity index (χ1n) is 16.1. The molecule has 3 nitrogen and oxygen atoms in total. The molecule has 0 unspecified atom stereocenters. The second-order valence-electron chi connectivity index (χ2n) is 14.6. The normalized spacial score (nSPS) is 12.4. The van der Waals surface area contributed by atoms with Crippen LogP contribution in [-0.2, 0) is 24.9 Å². The standard InChI is InChI=1S/C27H27FGeN.C13H24O2.Ir/c1-18(2)24-15-21(14-20-8-6-7-9-23(20)24)27-16-25(26(28)17-30-27)19-10-12-22(13-11-19)29(3,4)5;1-7-12(3,4)10(14)9-11(15)13(5,6)8-2;/h6-13,15-18H,1-5H3;9,14H,7-8H2,1-6H3;/q-1;;/b;10-9-;. The maximum atomic E-state index is 14.7. The minimum Gasteiger partial charge on any atom is -0.512 e. The Morgan fingerprint density at radius 3 is 2.09 bits per heavy atom. The van der Waals surface area contributed by atoms with Gasteiger partial charge < -0.3 is 5.11 Å². The van der Waals surface area contributed by atoms with E-state index in [2.05, 4.69) is 78.6 Å². The summed E-state index contributed by atoms with van der Waals surface area (Å²) in [6.45, 7) is 16.0. The minimum absolute atomic E-state index is 0. The van der Waals surface area contributed by atoms with Crippen LogP contribution in [0.25, 0.3) is 33.2 Å². The molecule has 6 heteroatoms. The van der Waals surface area contributed by atoms with Crippen LogP contribution in [0.1, 0.15) is 79.7 Å². The fraction of sp³-hybridized carbons (Fsp3) is 0.400. The Labute approximate surface area is 292 Å². The van der Waals surface area contributed by atoms with Gasteiger partial charge in [-0.15, -0.1) is 0 Å². The molecule has 0 saturated carbocycles. The number of ketones is 1. The molecule has 249 valence electrons. The van der Waals surface area contributed by atoms with Gasteiger partial charge in [-0.25, -0.2) is 0 Å². The van der Waals surface area contributed by atoms with E-state index in [1.165, 1.54) is 27.6 Å². The Morgan fingerprint density at radius 2 is 1.54 bits per heavy atom. The SMILES string of the molecule is CC(C)c1cc(-c2cc(-c3cc[c]([Ge]([CH3])([CH3])[CH3])cc3)c(F)cn2)[c-]c2ccccc12.CCC(C)(C)C(=O)/C=C(\O)C(C)(C)CC.[Ir]. The molecule has 1 radical (unpaired) electrons. The minimum atomic E-state index is -1.90. The Balaban J connectivity index is 0.000000394. The van der Waals surface area contributed by atoms with Crippen LogP contribution < -0.4 is 4.40 Å². The van der Waals surface area contributed by atoms with Crippen molar-refractivity contribution in [3.63, 3.8) is 0 Å². The van der Waals surface area contributed by atoms with Gasteiger partial charge in [-0.1, -0.05) is 47.6 Å². The zero-order valence-corrected chi connectivity index (χ0v) is 33.9. The molecular weight excluding hydrogens is 810 g/mol. The van der Waals surface area contributed by atoms with Gasteiger partial charge in [-0.3, -0.25) is 4.79 Å². The van der Waals surface area contributed by atoms with E-state index in [4.69, 9.17) is 0 Å². The van der Waals surface area contributed by atoms with Crippen LogP contribution in [0.4, 0.5) is 4.39 Å². The van der Waals surface area contributed by atoms with E-state index in [0.29, 0.717) is 11.5 Å². The Hall–Kier alpha value is -2.60. The summed E-state index contributed by atoms with van der Waals surface area (Å²) >= 11 is -1.90. The van der Waals surface area contributed by atoms with Crippen LogP contribution in [0.2, 0.25) is 17.3 Å². The fourth-order valence-electron chi connectivity index (χ4n) is 4.70. The van der Waals surface area contributed by atoms with Gasteiger partial charge in [0, 0.05) is 37.0 Å². The molecule has 0 bridgehead atoms. The Kier molecular flexibility index (Phi) is 13.8. The molecule has 0 aliphatic carbocycles. The number of aliphatic hydroxyl groups is 1. The number of pyridine rings is 1. The van der Waals surface area contributed by atoms with Crippen LogP contribution in [-0.4, -0.2) is 29.1 Å². The number of aliphatic hydroxyl groups excluding tert-OH is 1. The third-order valence-electron chi connectivity index (χ3n) is 9.02. The number of hydrogen-bond donors (Lipinski definition) is 1. The first-order chi connectivity index (χ1) is 20.9. The zero-order chi connectivity index (χ0) is 33.7. The quantitative estimate of drug-likeness (QED) is 0.0789. The molecule has 0 atom stereocenters. The van der Waals surface area contributed by atoms with Gasteiger partial charge in [-0.2, -0.15) is 0 Å². The van der Waals surface area contributed by atoms with Gasteiger partial charge in [-0.05, 0) is 12.8 Å². The second kappa shape index (κ2) is 16.0. The summed E-state index contributed by atoms with van der Waals surface area (Å²) in [5.74, 6) is 7.36. The van der Waals surface area contributed by atoms with Gasteiger partial charge in [0.05, 0.1) is 0 Å². The monoisotopic (exact) mass is 863 g/mol. The van der Waals surface area contributed by atoms with E-state index in [0.717, 1.165) is 35.0 Å². The summed E-state index contributed by atoms with van der Waals surface area (Å²) in [5, 5.41) is 12.1. The molecule has 46 heavy (non-hydrogen) atoms. The number of halogens is 1. The number of rotatable bonds is 9. The number of benzene rings is 3. The summed E-state index contributed by atoms with van der Waals surface area (Å²) in [6, 6.07) is 24.2. The topological polar surface area (TPSA) is 50.2 Å². The number of carbonyl (C=O) groups excluding carboxylic acids is 1. The molecule has 3 aromatic carbocycles. The van der Waals surface area contributed by atoms with Crippen LogP contribution >= 0.6 is 0 Å². The summed E-state index contributed by atoms with van der Waals surface area (Å²) in [5.41, 5.74) is 3.69. The molecule has 1 aromatic heterocycles. The van der Waals surface area contributed by atoms with Crippen molar-refractivity contribution >= 4 is 34.2 Å². The van der Waals surface area contributed by atoms with Crippen molar-refractivity contribution in [3.05, 3.63) is 96.1 Å². The van der Waals surface area contributed by atoms with E-state index in [1.807, 2.05) is 65.8 Å². The van der Waals surface area contributed by atoms with Gasteiger partial charge in [0.1, 0.15) is 5.76 Å². The van der Waals surface area contributed by atoms with Crippen LogP contribution in [0.15, 0.2) is 78.7 Å². The first-order valence-corrected chi connectivity index (χ1v) is 23.4. The third kappa shape index (κ3) is 9.72. The van der Waals surface area contributed by atoms with E-state index in [1.54, 1.807) is 0 Å². The number of hydrogen-bond acceptors (Lipinski definition) is 3. The van der Waals surface area contributed by atoms with Crippen molar-refractivity contribution < 1.29 is 34.4 Å². The maximum Gasteiger partial charge on any atom is 0.164 e. The number of fused-ring (bicyclic) bond motifs is 1. The Morgan fingerprint density at radius 1 is 0.957 bits per heavy atom. The van der Waals surface area contributed by atoms with E-state index in [-0.39, 0.29) is 48.3 Å². The number of carbonyl (C=O) groups is 1. The van der Waals surface area contributed by atoms with Crippen molar-refractivity contribution in [2.45, 2.75) is 91.4 Å². The van der Waals surface area contributed by atoms with Gasteiger partial charge in [0.25, 0.3) is 0 Å². The van der Waals surface area contributed by atoms with Crippen molar-refractivity contribution in [2.24, 2.45) is 10.8 Å². The van der Waals surface area contributed by atoms with Crippen LogP contribution in [0.3, 0.4) is 0 Å². The van der Waals surface area contributed by atoms with E-state index >= 15 is 0 Å². The molecule has 0 aliphatic heterocycles. The summed E-state index contributed by atoms with van der Waals surface area (Å²) < 4.78 is 16.1. The third-order valence-corrected chi connectivity index (χ3v) is 13.4.